The van der Waals surface area contributed by atoms with Crippen LogP contribution in [0.25, 0.3) is 0 Å². The molecule has 2 heterocycles. The minimum absolute atomic E-state index is 0.0705. The molecule has 2 aromatic rings. The summed E-state index contributed by atoms with van der Waals surface area (Å²) in [4.78, 5) is 32.6. The normalized spacial score (nSPS) is 13.3. The Morgan fingerprint density at radius 2 is 1.89 bits per heavy atom. The van der Waals surface area contributed by atoms with Crippen molar-refractivity contribution in [3.63, 3.8) is 0 Å². The van der Waals surface area contributed by atoms with Crippen molar-refractivity contribution in [2.45, 2.75) is 19.3 Å². The number of anilines is 2. The molecule has 1 aliphatic rings. The maximum absolute atomic E-state index is 11.0. The number of aliphatic carboxylic acids is 2. The van der Waals surface area contributed by atoms with Gasteiger partial charge in [-0.1, -0.05) is 23.8 Å². The van der Waals surface area contributed by atoms with Gasteiger partial charge in [0.05, 0.1) is 5.69 Å². The van der Waals surface area contributed by atoms with Crippen molar-refractivity contribution in [3.8, 4) is 0 Å². The molecule has 0 radical (unpaired) electrons. The van der Waals surface area contributed by atoms with Crippen molar-refractivity contribution in [1.29, 1.82) is 0 Å². The highest BCUT2D eigenvalue weighted by atomic mass is 35.5. The highest BCUT2D eigenvalue weighted by Crippen LogP contribution is 2.38. The first-order valence-corrected chi connectivity index (χ1v) is 8.81. The minimum atomic E-state index is -1.44. The molecule has 140 valence electrons. The van der Waals surface area contributed by atoms with Gasteiger partial charge in [-0.3, -0.25) is 9.59 Å². The van der Waals surface area contributed by atoms with Gasteiger partial charge in [-0.15, -0.1) is 0 Å². The average molecular weight is 388 g/mol. The highest BCUT2D eigenvalue weighted by molar-refractivity contribution is 6.30. The summed E-state index contributed by atoms with van der Waals surface area (Å²) >= 11 is 6.24. The van der Waals surface area contributed by atoms with E-state index in [1.807, 2.05) is 17.0 Å². The molecule has 0 atom stereocenters. The number of aromatic nitrogens is 2. The van der Waals surface area contributed by atoms with Crippen LogP contribution in [0.3, 0.4) is 0 Å². The molecule has 0 spiro atoms. The number of hydrogen-bond acceptors (Lipinski definition) is 5. The van der Waals surface area contributed by atoms with Crippen molar-refractivity contribution in [2.75, 3.05) is 11.4 Å². The van der Waals surface area contributed by atoms with Gasteiger partial charge in [0, 0.05) is 24.0 Å². The third kappa shape index (κ3) is 4.25. The summed E-state index contributed by atoms with van der Waals surface area (Å²) in [6, 6.07) is 5.54. The lowest BCUT2D eigenvalue weighted by Crippen LogP contribution is -2.22. The van der Waals surface area contributed by atoms with Crippen LogP contribution in [0.4, 0.5) is 11.6 Å². The lowest BCUT2D eigenvalue weighted by Gasteiger charge is -2.20. The van der Waals surface area contributed by atoms with Crippen LogP contribution >= 0.6 is 11.6 Å². The second-order valence-electron chi connectivity index (χ2n) is 6.16. The van der Waals surface area contributed by atoms with Crippen molar-refractivity contribution >= 4 is 35.2 Å². The first-order valence-electron chi connectivity index (χ1n) is 8.44. The van der Waals surface area contributed by atoms with Crippen molar-refractivity contribution in [2.24, 2.45) is 5.92 Å². The van der Waals surface area contributed by atoms with Crippen LogP contribution in [0.5, 0.6) is 0 Å². The lowest BCUT2D eigenvalue weighted by molar-refractivity contribution is -0.154. The van der Waals surface area contributed by atoms with Crippen molar-refractivity contribution in [3.05, 3.63) is 58.9 Å². The molecule has 0 aliphatic carbocycles. The van der Waals surface area contributed by atoms with Crippen molar-refractivity contribution in [1.82, 2.24) is 9.97 Å². The number of carbonyl (C=O) groups is 2. The number of halogens is 1. The van der Waals surface area contributed by atoms with Gasteiger partial charge in [0.15, 0.2) is 5.92 Å². The molecule has 7 nitrogen and oxygen atoms in total. The Labute approximate surface area is 160 Å². The van der Waals surface area contributed by atoms with Gasteiger partial charge in [-0.2, -0.15) is 0 Å². The maximum Gasteiger partial charge on any atom is 0.318 e. The Bertz CT molecular complexity index is 872. The largest absolute Gasteiger partial charge is 0.481 e. The monoisotopic (exact) mass is 387 g/mol. The molecule has 27 heavy (non-hydrogen) atoms. The van der Waals surface area contributed by atoms with Crippen molar-refractivity contribution < 1.29 is 19.8 Å². The smallest absolute Gasteiger partial charge is 0.318 e. The van der Waals surface area contributed by atoms with Crippen LogP contribution in [0.1, 0.15) is 17.5 Å². The molecule has 0 bridgehead atoms. The van der Waals surface area contributed by atoms with Gasteiger partial charge in [0.2, 0.25) is 5.95 Å². The molecule has 0 unspecified atom stereocenters. The van der Waals surface area contributed by atoms with Crippen LogP contribution in [0, 0.1) is 5.92 Å². The number of rotatable bonds is 7. The van der Waals surface area contributed by atoms with Crippen LogP contribution in [-0.2, 0) is 22.4 Å². The summed E-state index contributed by atoms with van der Waals surface area (Å²) < 4.78 is 0. The molecule has 0 saturated heterocycles. The van der Waals surface area contributed by atoms with Crippen LogP contribution < -0.4 is 4.90 Å². The Balaban J connectivity index is 1.82. The Kier molecular flexibility index (Phi) is 5.71. The van der Waals surface area contributed by atoms with Crippen LogP contribution in [-0.4, -0.2) is 38.7 Å². The number of benzene rings is 1. The van der Waals surface area contributed by atoms with Gasteiger partial charge in [0.25, 0.3) is 0 Å². The number of allylic oxidation sites excluding steroid dienone is 2. The number of carboxylic acids is 2. The zero-order valence-corrected chi connectivity index (χ0v) is 15.1. The predicted molar refractivity (Wildman–Crippen MR) is 100 cm³/mol. The van der Waals surface area contributed by atoms with Crippen LogP contribution in [0.2, 0.25) is 5.02 Å². The van der Waals surface area contributed by atoms with E-state index in [1.165, 1.54) is 0 Å². The topological polar surface area (TPSA) is 104 Å². The Morgan fingerprint density at radius 1 is 1.19 bits per heavy atom. The second kappa shape index (κ2) is 8.18. The Hall–Kier alpha value is -2.93. The standard InChI is InChI=1S/C19H18ClN3O4/c20-14-10-12(4-1-2-5-15(17(24)25)18(26)27)16-13(11-14)6-9-23(16)19-21-7-3-8-22-19/h1-3,7-8,10-11,15H,4-6,9H2,(H,24,25)(H,26,27). The number of fused-ring (bicyclic) bond motifs is 1. The third-order valence-corrected chi connectivity index (χ3v) is 4.59. The highest BCUT2D eigenvalue weighted by Gasteiger charge is 2.26. The van der Waals surface area contributed by atoms with E-state index in [0.29, 0.717) is 17.4 Å². The fourth-order valence-corrected chi connectivity index (χ4v) is 3.40. The molecular weight excluding hydrogens is 370 g/mol. The zero-order valence-electron chi connectivity index (χ0n) is 14.4. The SMILES string of the molecule is O=C(O)C(CC=CCc1cc(Cl)cc2c1N(c1ncccn1)CC2)C(=O)O. The molecule has 8 heteroatoms. The Morgan fingerprint density at radius 3 is 2.56 bits per heavy atom. The number of nitrogens with zero attached hydrogens (tertiary/aromatic N) is 3. The summed E-state index contributed by atoms with van der Waals surface area (Å²) in [6.45, 7) is 0.747. The molecule has 1 aromatic carbocycles. The molecule has 0 saturated carbocycles. The van der Waals surface area contributed by atoms with E-state index >= 15 is 0 Å². The molecule has 0 amide bonds. The van der Waals surface area contributed by atoms with E-state index in [1.54, 1.807) is 30.6 Å². The van der Waals surface area contributed by atoms with Gasteiger partial charge in [0.1, 0.15) is 0 Å². The fraction of sp³-hybridized carbons (Fsp3) is 0.263. The first kappa shape index (κ1) is 18.8. The van der Waals surface area contributed by atoms with E-state index < -0.39 is 17.9 Å². The summed E-state index contributed by atoms with van der Waals surface area (Å²) in [7, 11) is 0. The van der Waals surface area contributed by atoms with Gasteiger partial charge >= 0.3 is 11.9 Å². The van der Waals surface area contributed by atoms with E-state index in [2.05, 4.69) is 9.97 Å². The molecular formula is C19H18ClN3O4. The van der Waals surface area contributed by atoms with E-state index in [9.17, 15) is 9.59 Å². The average Bonchev–Trinajstić information content (AvgIpc) is 3.05. The quantitative estimate of drug-likeness (QED) is 0.555. The minimum Gasteiger partial charge on any atom is -0.481 e. The fourth-order valence-electron chi connectivity index (χ4n) is 3.13. The van der Waals surface area contributed by atoms with E-state index in [-0.39, 0.29) is 6.42 Å². The zero-order chi connectivity index (χ0) is 19.4. The molecule has 1 aromatic heterocycles. The summed E-state index contributed by atoms with van der Waals surface area (Å²) in [6.07, 6.45) is 7.98. The molecule has 3 rings (SSSR count). The summed E-state index contributed by atoms with van der Waals surface area (Å²) in [5, 5.41) is 18.5. The van der Waals surface area contributed by atoms with Crippen LogP contribution in [0.15, 0.2) is 42.7 Å². The van der Waals surface area contributed by atoms with Gasteiger partial charge in [-0.05, 0) is 48.6 Å². The molecule has 2 N–H and O–H groups in total. The summed E-state index contributed by atoms with van der Waals surface area (Å²) in [5.41, 5.74) is 3.07. The number of carboxylic acid groups (broad SMARTS) is 2. The van der Waals surface area contributed by atoms with Gasteiger partial charge < -0.3 is 15.1 Å². The van der Waals surface area contributed by atoms with Gasteiger partial charge in [-0.25, -0.2) is 9.97 Å². The maximum atomic E-state index is 11.0. The predicted octanol–water partition coefficient (Wildman–Crippen LogP) is 3.10. The van der Waals surface area contributed by atoms with E-state index in [0.717, 1.165) is 29.8 Å². The van der Waals surface area contributed by atoms with E-state index in [4.69, 9.17) is 21.8 Å². The number of hydrogen-bond donors (Lipinski definition) is 2. The molecule has 0 fully saturated rings. The summed E-state index contributed by atoms with van der Waals surface area (Å²) in [5.74, 6) is -3.52. The molecule has 1 aliphatic heterocycles. The lowest BCUT2D eigenvalue weighted by atomic mass is 10.0. The first-order chi connectivity index (χ1) is 13.0. The second-order valence-corrected chi connectivity index (χ2v) is 6.60. The third-order valence-electron chi connectivity index (χ3n) is 4.37.